The molecule has 3 rings (SSSR count). The largest absolute Gasteiger partial charge is 0.489 e. The lowest BCUT2D eigenvalue weighted by atomic mass is 10.2. The van der Waals surface area contributed by atoms with Crippen molar-refractivity contribution in [1.82, 2.24) is 5.16 Å². The molecule has 0 atom stereocenters. The lowest BCUT2D eigenvalue weighted by Crippen LogP contribution is -2.15. The van der Waals surface area contributed by atoms with E-state index in [0.717, 1.165) is 12.1 Å². The predicted molar refractivity (Wildman–Crippen MR) is 91.3 cm³/mol. The maximum absolute atomic E-state index is 13.3. The van der Waals surface area contributed by atoms with Gasteiger partial charge in [-0.25, -0.2) is 8.78 Å². The zero-order valence-electron chi connectivity index (χ0n) is 13.6. The van der Waals surface area contributed by atoms with E-state index < -0.39 is 17.5 Å². The fourth-order valence-electron chi connectivity index (χ4n) is 2.22. The molecule has 8 heteroatoms. The van der Waals surface area contributed by atoms with Crippen molar-refractivity contribution < 1.29 is 22.8 Å². The van der Waals surface area contributed by atoms with E-state index >= 15 is 0 Å². The van der Waals surface area contributed by atoms with E-state index in [2.05, 4.69) is 10.5 Å². The first-order valence-electron chi connectivity index (χ1n) is 7.54. The van der Waals surface area contributed by atoms with E-state index in [1.165, 1.54) is 6.07 Å². The molecule has 134 valence electrons. The SMILES string of the molecule is Cc1onc(C(=O)Nc2ccc(F)c(F)c2)c1COc1cccc(Cl)c1. The van der Waals surface area contributed by atoms with Gasteiger partial charge in [-0.1, -0.05) is 22.8 Å². The number of nitrogens with zero attached hydrogens (tertiary/aromatic N) is 1. The maximum Gasteiger partial charge on any atom is 0.278 e. The second-order valence-corrected chi connectivity index (χ2v) is 5.83. The van der Waals surface area contributed by atoms with Crippen molar-refractivity contribution in [3.63, 3.8) is 0 Å². The van der Waals surface area contributed by atoms with Gasteiger partial charge in [0, 0.05) is 16.8 Å². The van der Waals surface area contributed by atoms with Gasteiger partial charge in [0.1, 0.15) is 18.1 Å². The van der Waals surface area contributed by atoms with Crippen LogP contribution in [0.25, 0.3) is 0 Å². The first-order valence-corrected chi connectivity index (χ1v) is 7.92. The minimum absolute atomic E-state index is 0.00531. The highest BCUT2D eigenvalue weighted by molar-refractivity contribution is 6.30. The molecule has 1 amide bonds. The summed E-state index contributed by atoms with van der Waals surface area (Å²) in [6.45, 7) is 1.66. The third kappa shape index (κ3) is 4.00. The minimum atomic E-state index is -1.07. The maximum atomic E-state index is 13.3. The molecule has 26 heavy (non-hydrogen) atoms. The molecule has 1 N–H and O–H groups in total. The Hall–Kier alpha value is -2.93. The summed E-state index contributed by atoms with van der Waals surface area (Å²) in [4.78, 5) is 12.4. The van der Waals surface area contributed by atoms with Gasteiger partial charge in [-0.05, 0) is 37.3 Å². The second-order valence-electron chi connectivity index (χ2n) is 5.39. The Morgan fingerprint density at radius 2 is 2.04 bits per heavy atom. The number of benzene rings is 2. The monoisotopic (exact) mass is 378 g/mol. The number of rotatable bonds is 5. The molecule has 3 aromatic rings. The molecular weight excluding hydrogens is 366 g/mol. The number of anilines is 1. The fourth-order valence-corrected chi connectivity index (χ4v) is 2.40. The van der Waals surface area contributed by atoms with Crippen LogP contribution in [0.4, 0.5) is 14.5 Å². The van der Waals surface area contributed by atoms with Crippen molar-refractivity contribution in [3.05, 3.63) is 76.1 Å². The van der Waals surface area contributed by atoms with Crippen LogP contribution >= 0.6 is 11.6 Å². The number of amides is 1. The Labute approximate surface area is 152 Å². The number of carbonyl (C=O) groups excluding carboxylic acids is 1. The number of halogens is 3. The summed E-state index contributed by atoms with van der Waals surface area (Å²) in [6.07, 6.45) is 0. The quantitative estimate of drug-likeness (QED) is 0.696. The second kappa shape index (κ2) is 7.53. The van der Waals surface area contributed by atoms with E-state index in [1.54, 1.807) is 31.2 Å². The van der Waals surface area contributed by atoms with Crippen LogP contribution in [-0.2, 0) is 6.61 Å². The van der Waals surface area contributed by atoms with Crippen molar-refractivity contribution in [2.24, 2.45) is 0 Å². The summed E-state index contributed by atoms with van der Waals surface area (Å²) >= 11 is 5.90. The van der Waals surface area contributed by atoms with Crippen molar-refractivity contribution in [3.8, 4) is 5.75 Å². The van der Waals surface area contributed by atoms with Crippen molar-refractivity contribution in [1.29, 1.82) is 0 Å². The van der Waals surface area contributed by atoms with E-state index in [1.807, 2.05) is 0 Å². The highest BCUT2D eigenvalue weighted by Gasteiger charge is 2.21. The van der Waals surface area contributed by atoms with Gasteiger partial charge in [0.2, 0.25) is 0 Å². The molecular formula is C18H13ClF2N2O3. The highest BCUT2D eigenvalue weighted by atomic mass is 35.5. The number of ether oxygens (including phenoxy) is 1. The van der Waals surface area contributed by atoms with Crippen molar-refractivity contribution in [2.75, 3.05) is 5.32 Å². The molecule has 0 bridgehead atoms. The molecule has 2 aromatic carbocycles. The summed E-state index contributed by atoms with van der Waals surface area (Å²) < 4.78 is 36.9. The van der Waals surface area contributed by atoms with Gasteiger partial charge in [0.25, 0.3) is 5.91 Å². The third-order valence-electron chi connectivity index (χ3n) is 3.56. The first kappa shape index (κ1) is 17.9. The van der Waals surface area contributed by atoms with Crippen LogP contribution in [-0.4, -0.2) is 11.1 Å². The van der Waals surface area contributed by atoms with Crippen molar-refractivity contribution >= 4 is 23.2 Å². The number of nitrogens with one attached hydrogen (secondary N) is 1. The molecule has 0 aliphatic heterocycles. The van der Waals surface area contributed by atoms with Gasteiger partial charge < -0.3 is 14.6 Å². The van der Waals surface area contributed by atoms with E-state index in [-0.39, 0.29) is 18.0 Å². The topological polar surface area (TPSA) is 64.4 Å². The van der Waals surface area contributed by atoms with Crippen LogP contribution in [0.1, 0.15) is 21.8 Å². The third-order valence-corrected chi connectivity index (χ3v) is 3.79. The molecule has 0 saturated carbocycles. The number of aryl methyl sites for hydroxylation is 1. The van der Waals surface area contributed by atoms with Gasteiger partial charge in [-0.3, -0.25) is 4.79 Å². The number of carbonyl (C=O) groups is 1. The molecule has 0 fully saturated rings. The Morgan fingerprint density at radius 3 is 2.77 bits per heavy atom. The zero-order valence-corrected chi connectivity index (χ0v) is 14.3. The van der Waals surface area contributed by atoms with E-state index in [9.17, 15) is 13.6 Å². The van der Waals surface area contributed by atoms with Crippen LogP contribution in [0.2, 0.25) is 5.02 Å². The van der Waals surface area contributed by atoms with Gasteiger partial charge in [-0.2, -0.15) is 0 Å². The van der Waals surface area contributed by atoms with Gasteiger partial charge in [0.05, 0.1) is 5.56 Å². The minimum Gasteiger partial charge on any atom is -0.489 e. The number of hydrogen-bond acceptors (Lipinski definition) is 4. The summed E-state index contributed by atoms with van der Waals surface area (Å²) in [5.74, 6) is -1.77. The smallest absolute Gasteiger partial charge is 0.278 e. The molecule has 1 aromatic heterocycles. The zero-order chi connectivity index (χ0) is 18.7. The normalized spacial score (nSPS) is 10.6. The van der Waals surface area contributed by atoms with Crippen LogP contribution in [0.15, 0.2) is 47.0 Å². The standard InChI is InChI=1S/C18H13ClF2N2O3/c1-10-14(9-25-13-4-2-3-11(19)7-13)17(23-26-10)18(24)22-12-5-6-15(20)16(21)8-12/h2-8H,9H2,1H3,(H,22,24). The average Bonchev–Trinajstić information content (AvgIpc) is 2.97. The van der Waals surface area contributed by atoms with Crippen LogP contribution in [0.3, 0.4) is 0 Å². The molecule has 0 radical (unpaired) electrons. The fraction of sp³-hybridized carbons (Fsp3) is 0.111. The van der Waals surface area contributed by atoms with Crippen LogP contribution in [0.5, 0.6) is 5.75 Å². The molecule has 1 heterocycles. The van der Waals surface area contributed by atoms with Crippen molar-refractivity contribution in [2.45, 2.75) is 13.5 Å². The Morgan fingerprint density at radius 1 is 1.23 bits per heavy atom. The molecule has 0 unspecified atom stereocenters. The molecule has 5 nitrogen and oxygen atoms in total. The van der Waals surface area contributed by atoms with Gasteiger partial charge >= 0.3 is 0 Å². The lowest BCUT2D eigenvalue weighted by Gasteiger charge is -2.08. The van der Waals surface area contributed by atoms with Crippen LogP contribution < -0.4 is 10.1 Å². The predicted octanol–water partition coefficient (Wildman–Crippen LogP) is 4.75. The van der Waals surface area contributed by atoms with E-state index in [0.29, 0.717) is 22.1 Å². The summed E-state index contributed by atoms with van der Waals surface area (Å²) in [5, 5.41) is 6.68. The first-order chi connectivity index (χ1) is 12.4. The summed E-state index contributed by atoms with van der Waals surface area (Å²) in [5.41, 5.74) is 0.524. The average molecular weight is 379 g/mol. The molecule has 0 aliphatic carbocycles. The molecule has 0 spiro atoms. The lowest BCUT2D eigenvalue weighted by molar-refractivity contribution is 0.101. The molecule has 0 saturated heterocycles. The van der Waals surface area contributed by atoms with Crippen LogP contribution in [0, 0.1) is 18.6 Å². The summed E-state index contributed by atoms with van der Waals surface area (Å²) in [7, 11) is 0. The van der Waals surface area contributed by atoms with Gasteiger partial charge in [-0.15, -0.1) is 0 Å². The van der Waals surface area contributed by atoms with Gasteiger partial charge in [0.15, 0.2) is 17.3 Å². The highest BCUT2D eigenvalue weighted by Crippen LogP contribution is 2.22. The number of hydrogen-bond donors (Lipinski definition) is 1. The Balaban J connectivity index is 1.76. The Kier molecular flexibility index (Phi) is 5.18. The number of aromatic nitrogens is 1. The Bertz CT molecular complexity index is 959. The molecule has 0 aliphatic rings. The summed E-state index contributed by atoms with van der Waals surface area (Å²) in [6, 6.07) is 9.83. The van der Waals surface area contributed by atoms with E-state index in [4.69, 9.17) is 20.9 Å².